The number of hydrogen-bond donors (Lipinski definition) is 2. The topological polar surface area (TPSA) is 76.7 Å². The number of methoxy groups -OCH3 is 1. The van der Waals surface area contributed by atoms with Gasteiger partial charge in [0.2, 0.25) is 0 Å². The zero-order valence-electron chi connectivity index (χ0n) is 13.9. The molecule has 1 atom stereocenters. The van der Waals surface area contributed by atoms with Gasteiger partial charge in [-0.15, -0.1) is 0 Å². The SMILES string of the molecule is COC(=O)Nc1ccc(OCC(=O)N[C@@H](C)c2ccc(F)cc2)cc1. The molecular formula is C18H19FN2O4. The maximum absolute atomic E-state index is 12.9. The average Bonchev–Trinajstić information content (AvgIpc) is 2.61. The summed E-state index contributed by atoms with van der Waals surface area (Å²) >= 11 is 0. The molecule has 2 aromatic rings. The first-order chi connectivity index (χ1) is 12.0. The molecule has 0 bridgehead atoms. The van der Waals surface area contributed by atoms with Crippen molar-refractivity contribution in [2.24, 2.45) is 0 Å². The minimum atomic E-state index is -0.567. The van der Waals surface area contributed by atoms with E-state index in [-0.39, 0.29) is 24.4 Å². The van der Waals surface area contributed by atoms with E-state index in [1.54, 1.807) is 43.3 Å². The van der Waals surface area contributed by atoms with Crippen LogP contribution in [0.4, 0.5) is 14.9 Å². The Morgan fingerprint density at radius 3 is 2.32 bits per heavy atom. The quantitative estimate of drug-likeness (QED) is 0.842. The third-order valence-electron chi connectivity index (χ3n) is 3.40. The monoisotopic (exact) mass is 346 g/mol. The van der Waals surface area contributed by atoms with Crippen molar-refractivity contribution in [3.05, 3.63) is 59.9 Å². The molecule has 0 aliphatic rings. The average molecular weight is 346 g/mol. The first-order valence-electron chi connectivity index (χ1n) is 7.60. The Bertz CT molecular complexity index is 717. The molecule has 2 N–H and O–H groups in total. The number of hydrogen-bond acceptors (Lipinski definition) is 4. The summed E-state index contributed by atoms with van der Waals surface area (Å²) in [6.07, 6.45) is -0.567. The molecular weight excluding hydrogens is 327 g/mol. The smallest absolute Gasteiger partial charge is 0.411 e. The summed E-state index contributed by atoms with van der Waals surface area (Å²) in [5.74, 6) is -0.135. The van der Waals surface area contributed by atoms with E-state index in [1.165, 1.54) is 19.2 Å². The van der Waals surface area contributed by atoms with E-state index in [2.05, 4.69) is 15.4 Å². The van der Waals surface area contributed by atoms with E-state index in [1.807, 2.05) is 0 Å². The largest absolute Gasteiger partial charge is 0.484 e. The highest BCUT2D eigenvalue weighted by molar-refractivity contribution is 5.84. The summed E-state index contributed by atoms with van der Waals surface area (Å²) in [7, 11) is 1.28. The number of rotatable bonds is 6. The van der Waals surface area contributed by atoms with Crippen LogP contribution in [0.25, 0.3) is 0 Å². The molecule has 2 rings (SSSR count). The minimum absolute atomic E-state index is 0.157. The normalized spacial score (nSPS) is 11.3. The molecule has 7 heteroatoms. The first kappa shape index (κ1) is 18.3. The molecule has 0 aliphatic carbocycles. The van der Waals surface area contributed by atoms with Gasteiger partial charge in [-0.05, 0) is 48.9 Å². The van der Waals surface area contributed by atoms with Crippen LogP contribution in [0.15, 0.2) is 48.5 Å². The predicted octanol–water partition coefficient (Wildman–Crippen LogP) is 3.26. The molecule has 2 aromatic carbocycles. The number of ether oxygens (including phenoxy) is 2. The number of carbonyl (C=O) groups excluding carboxylic acids is 2. The maximum atomic E-state index is 12.9. The predicted molar refractivity (Wildman–Crippen MR) is 90.9 cm³/mol. The molecule has 0 fully saturated rings. The molecule has 132 valence electrons. The molecule has 0 heterocycles. The molecule has 25 heavy (non-hydrogen) atoms. The van der Waals surface area contributed by atoms with Gasteiger partial charge < -0.3 is 14.8 Å². The fraction of sp³-hybridized carbons (Fsp3) is 0.222. The highest BCUT2D eigenvalue weighted by Gasteiger charge is 2.10. The number of halogens is 1. The Balaban J connectivity index is 1.81. The Morgan fingerprint density at radius 2 is 1.72 bits per heavy atom. The fourth-order valence-electron chi connectivity index (χ4n) is 2.07. The van der Waals surface area contributed by atoms with Gasteiger partial charge in [-0.3, -0.25) is 10.1 Å². The van der Waals surface area contributed by atoms with Gasteiger partial charge in [0, 0.05) is 5.69 Å². The van der Waals surface area contributed by atoms with Crippen molar-refractivity contribution in [3.8, 4) is 5.75 Å². The Kier molecular flexibility index (Phi) is 6.33. The van der Waals surface area contributed by atoms with Crippen LogP contribution >= 0.6 is 0 Å². The summed E-state index contributed by atoms with van der Waals surface area (Å²) in [5, 5.41) is 5.28. The molecule has 0 unspecified atom stereocenters. The molecule has 0 saturated heterocycles. The van der Waals surface area contributed by atoms with E-state index in [4.69, 9.17) is 4.74 Å². The van der Waals surface area contributed by atoms with E-state index in [0.717, 1.165) is 5.56 Å². The van der Waals surface area contributed by atoms with Crippen LogP contribution in [0.2, 0.25) is 0 Å². The third kappa shape index (κ3) is 5.80. The van der Waals surface area contributed by atoms with Crippen LogP contribution < -0.4 is 15.4 Å². The molecule has 0 aromatic heterocycles. The van der Waals surface area contributed by atoms with Gasteiger partial charge in [0.25, 0.3) is 5.91 Å². The molecule has 6 nitrogen and oxygen atoms in total. The lowest BCUT2D eigenvalue weighted by Crippen LogP contribution is -2.31. The number of benzene rings is 2. The fourth-order valence-corrected chi connectivity index (χ4v) is 2.07. The lowest BCUT2D eigenvalue weighted by atomic mass is 10.1. The second kappa shape index (κ2) is 8.68. The Morgan fingerprint density at radius 1 is 1.08 bits per heavy atom. The van der Waals surface area contributed by atoms with Crippen LogP contribution in [0.5, 0.6) is 5.75 Å². The van der Waals surface area contributed by atoms with Gasteiger partial charge in [-0.25, -0.2) is 9.18 Å². The molecule has 0 radical (unpaired) electrons. The third-order valence-corrected chi connectivity index (χ3v) is 3.40. The van der Waals surface area contributed by atoms with Gasteiger partial charge in [0.15, 0.2) is 6.61 Å². The van der Waals surface area contributed by atoms with Crippen LogP contribution in [0.3, 0.4) is 0 Å². The summed E-state index contributed by atoms with van der Waals surface area (Å²) in [6.45, 7) is 1.65. The lowest BCUT2D eigenvalue weighted by Gasteiger charge is -2.15. The molecule has 0 aliphatic heterocycles. The van der Waals surface area contributed by atoms with E-state index in [0.29, 0.717) is 11.4 Å². The summed E-state index contributed by atoms with van der Waals surface area (Å²) in [4.78, 5) is 23.0. The van der Waals surface area contributed by atoms with Crippen molar-refractivity contribution >= 4 is 17.7 Å². The summed E-state index contributed by atoms with van der Waals surface area (Å²) in [6, 6.07) is 12.2. The van der Waals surface area contributed by atoms with E-state index < -0.39 is 6.09 Å². The zero-order valence-corrected chi connectivity index (χ0v) is 13.9. The van der Waals surface area contributed by atoms with Crippen molar-refractivity contribution in [3.63, 3.8) is 0 Å². The first-order valence-corrected chi connectivity index (χ1v) is 7.60. The number of carbonyl (C=O) groups is 2. The van der Waals surface area contributed by atoms with E-state index in [9.17, 15) is 14.0 Å². The number of nitrogens with one attached hydrogen (secondary N) is 2. The van der Waals surface area contributed by atoms with Crippen LogP contribution in [-0.4, -0.2) is 25.7 Å². The van der Waals surface area contributed by atoms with Crippen molar-refractivity contribution in [2.45, 2.75) is 13.0 Å². The zero-order chi connectivity index (χ0) is 18.2. The van der Waals surface area contributed by atoms with E-state index >= 15 is 0 Å². The summed E-state index contributed by atoms with van der Waals surface area (Å²) in [5.41, 5.74) is 1.35. The second-order valence-corrected chi connectivity index (χ2v) is 5.27. The standard InChI is InChI=1S/C18H19FN2O4/c1-12(13-3-5-14(19)6-4-13)20-17(22)11-25-16-9-7-15(8-10-16)21-18(23)24-2/h3-10,12H,11H2,1-2H3,(H,20,22)(H,21,23)/t12-/m0/s1. The van der Waals surface area contributed by atoms with Gasteiger partial charge >= 0.3 is 6.09 Å². The van der Waals surface area contributed by atoms with Crippen LogP contribution in [0, 0.1) is 5.82 Å². The molecule has 0 spiro atoms. The maximum Gasteiger partial charge on any atom is 0.411 e. The second-order valence-electron chi connectivity index (χ2n) is 5.27. The highest BCUT2D eigenvalue weighted by atomic mass is 19.1. The van der Waals surface area contributed by atoms with Crippen LogP contribution in [-0.2, 0) is 9.53 Å². The lowest BCUT2D eigenvalue weighted by molar-refractivity contribution is -0.123. The van der Waals surface area contributed by atoms with Crippen molar-refractivity contribution in [1.82, 2.24) is 5.32 Å². The number of anilines is 1. The van der Waals surface area contributed by atoms with Crippen LogP contribution in [0.1, 0.15) is 18.5 Å². The molecule has 0 saturated carbocycles. The van der Waals surface area contributed by atoms with Crippen molar-refractivity contribution in [2.75, 3.05) is 19.0 Å². The Hall–Kier alpha value is -3.09. The minimum Gasteiger partial charge on any atom is -0.484 e. The summed E-state index contributed by atoms with van der Waals surface area (Å²) < 4.78 is 22.8. The van der Waals surface area contributed by atoms with Gasteiger partial charge in [0.1, 0.15) is 11.6 Å². The van der Waals surface area contributed by atoms with Gasteiger partial charge in [-0.2, -0.15) is 0 Å². The molecule has 2 amide bonds. The van der Waals surface area contributed by atoms with Crippen molar-refractivity contribution in [1.29, 1.82) is 0 Å². The number of amides is 2. The Labute approximate surface area is 144 Å². The highest BCUT2D eigenvalue weighted by Crippen LogP contribution is 2.16. The van der Waals surface area contributed by atoms with Gasteiger partial charge in [0.05, 0.1) is 13.2 Å². The van der Waals surface area contributed by atoms with Gasteiger partial charge in [-0.1, -0.05) is 12.1 Å². The van der Waals surface area contributed by atoms with Crippen molar-refractivity contribution < 1.29 is 23.5 Å².